The van der Waals surface area contributed by atoms with Gasteiger partial charge in [0.1, 0.15) is 5.69 Å². The van der Waals surface area contributed by atoms with Crippen LogP contribution in [0.2, 0.25) is 0 Å². The molecule has 0 spiro atoms. The van der Waals surface area contributed by atoms with Gasteiger partial charge >= 0.3 is 5.69 Å². The SMILES string of the molecule is CC(C)c1nn(C)c(NC2CCCC2C)c1[N+](=O)[O-]. The Morgan fingerprint density at radius 2 is 2.16 bits per heavy atom. The average Bonchev–Trinajstić information content (AvgIpc) is 2.85. The number of hydrogen-bond acceptors (Lipinski definition) is 4. The largest absolute Gasteiger partial charge is 0.362 e. The number of aromatic nitrogens is 2. The van der Waals surface area contributed by atoms with E-state index < -0.39 is 0 Å². The van der Waals surface area contributed by atoms with Crippen molar-refractivity contribution in [3.05, 3.63) is 15.8 Å². The van der Waals surface area contributed by atoms with Crippen LogP contribution in [0, 0.1) is 16.0 Å². The van der Waals surface area contributed by atoms with Gasteiger partial charge in [-0.15, -0.1) is 0 Å². The van der Waals surface area contributed by atoms with Gasteiger partial charge in [-0.05, 0) is 18.8 Å². The molecular formula is C13H22N4O2. The van der Waals surface area contributed by atoms with E-state index in [-0.39, 0.29) is 16.5 Å². The maximum Gasteiger partial charge on any atom is 0.334 e. The van der Waals surface area contributed by atoms with Crippen LogP contribution in [0.4, 0.5) is 11.5 Å². The van der Waals surface area contributed by atoms with E-state index in [1.807, 2.05) is 13.8 Å². The monoisotopic (exact) mass is 266 g/mol. The van der Waals surface area contributed by atoms with Crippen LogP contribution in [0.15, 0.2) is 0 Å². The first kappa shape index (κ1) is 13.8. The fourth-order valence-electron chi connectivity index (χ4n) is 2.80. The van der Waals surface area contributed by atoms with E-state index in [9.17, 15) is 10.1 Å². The molecule has 1 fully saturated rings. The highest BCUT2D eigenvalue weighted by Crippen LogP contribution is 2.36. The van der Waals surface area contributed by atoms with Crippen LogP contribution in [0.25, 0.3) is 0 Å². The van der Waals surface area contributed by atoms with Crippen LogP contribution >= 0.6 is 0 Å². The van der Waals surface area contributed by atoms with Crippen molar-refractivity contribution in [2.24, 2.45) is 13.0 Å². The molecule has 2 rings (SSSR count). The molecule has 106 valence electrons. The van der Waals surface area contributed by atoms with Gasteiger partial charge < -0.3 is 5.32 Å². The van der Waals surface area contributed by atoms with Gasteiger partial charge in [0.2, 0.25) is 5.82 Å². The number of nitrogens with zero attached hydrogens (tertiary/aromatic N) is 3. The molecule has 6 nitrogen and oxygen atoms in total. The molecule has 1 N–H and O–H groups in total. The topological polar surface area (TPSA) is 73.0 Å². The zero-order valence-electron chi connectivity index (χ0n) is 12.0. The third-order valence-corrected chi connectivity index (χ3v) is 3.96. The molecule has 0 aliphatic heterocycles. The number of hydrogen-bond donors (Lipinski definition) is 1. The Bertz CT molecular complexity index is 481. The number of aryl methyl sites for hydroxylation is 1. The molecule has 2 atom stereocenters. The second-order valence-electron chi connectivity index (χ2n) is 5.78. The summed E-state index contributed by atoms with van der Waals surface area (Å²) in [5.41, 5.74) is 0.692. The molecule has 1 aromatic heterocycles. The molecule has 0 amide bonds. The molecule has 0 saturated heterocycles. The normalized spacial score (nSPS) is 23.0. The molecule has 1 aliphatic rings. The lowest BCUT2D eigenvalue weighted by Crippen LogP contribution is -2.23. The van der Waals surface area contributed by atoms with Crippen LogP contribution < -0.4 is 5.32 Å². The van der Waals surface area contributed by atoms with Gasteiger partial charge in [0.15, 0.2) is 0 Å². The molecule has 1 aromatic rings. The molecule has 0 radical (unpaired) electrons. The van der Waals surface area contributed by atoms with E-state index in [1.165, 1.54) is 12.8 Å². The van der Waals surface area contributed by atoms with Crippen molar-refractivity contribution in [3.63, 3.8) is 0 Å². The molecule has 1 aliphatic carbocycles. The van der Waals surface area contributed by atoms with Crippen molar-refractivity contribution in [2.75, 3.05) is 5.32 Å². The minimum absolute atomic E-state index is 0.0446. The van der Waals surface area contributed by atoms with Crippen LogP contribution in [-0.4, -0.2) is 20.7 Å². The average molecular weight is 266 g/mol. The Hall–Kier alpha value is -1.59. The summed E-state index contributed by atoms with van der Waals surface area (Å²) in [6.45, 7) is 6.05. The number of rotatable bonds is 4. The predicted molar refractivity (Wildman–Crippen MR) is 74.4 cm³/mol. The molecule has 6 heteroatoms. The first-order valence-corrected chi connectivity index (χ1v) is 6.89. The van der Waals surface area contributed by atoms with Crippen molar-refractivity contribution < 1.29 is 4.92 Å². The molecule has 0 aromatic carbocycles. The Morgan fingerprint density at radius 3 is 2.63 bits per heavy atom. The van der Waals surface area contributed by atoms with Gasteiger partial charge in [-0.25, -0.2) is 4.68 Å². The quantitative estimate of drug-likeness (QED) is 0.671. The Morgan fingerprint density at radius 1 is 1.47 bits per heavy atom. The maximum atomic E-state index is 11.3. The second-order valence-corrected chi connectivity index (χ2v) is 5.78. The van der Waals surface area contributed by atoms with E-state index in [0.717, 1.165) is 6.42 Å². The van der Waals surface area contributed by atoms with Crippen molar-refractivity contribution in [2.45, 2.75) is 52.0 Å². The molecule has 19 heavy (non-hydrogen) atoms. The summed E-state index contributed by atoms with van der Waals surface area (Å²) < 4.78 is 1.61. The number of anilines is 1. The minimum atomic E-state index is -0.315. The first-order valence-electron chi connectivity index (χ1n) is 6.89. The van der Waals surface area contributed by atoms with Gasteiger partial charge in [0, 0.05) is 19.0 Å². The third-order valence-electron chi connectivity index (χ3n) is 3.96. The van der Waals surface area contributed by atoms with Crippen LogP contribution in [0.3, 0.4) is 0 Å². The lowest BCUT2D eigenvalue weighted by molar-refractivity contribution is -0.384. The standard InChI is InChI=1S/C13H22N4O2/c1-8(2)11-12(17(18)19)13(16(4)15-11)14-10-7-5-6-9(10)3/h8-10,14H,5-7H2,1-4H3. The Balaban J connectivity index is 2.36. The molecular weight excluding hydrogens is 244 g/mol. The zero-order valence-corrected chi connectivity index (χ0v) is 12.0. The van der Waals surface area contributed by atoms with Gasteiger partial charge in [-0.3, -0.25) is 10.1 Å². The fraction of sp³-hybridized carbons (Fsp3) is 0.769. The number of nitrogens with one attached hydrogen (secondary N) is 1. The van der Waals surface area contributed by atoms with Crippen molar-refractivity contribution >= 4 is 11.5 Å². The summed E-state index contributed by atoms with van der Waals surface area (Å²) in [7, 11) is 1.76. The van der Waals surface area contributed by atoms with Gasteiger partial charge in [-0.2, -0.15) is 5.10 Å². The number of nitro groups is 1. The highest BCUT2D eigenvalue weighted by atomic mass is 16.6. The summed E-state index contributed by atoms with van der Waals surface area (Å²) >= 11 is 0. The minimum Gasteiger partial charge on any atom is -0.362 e. The molecule has 1 saturated carbocycles. The lowest BCUT2D eigenvalue weighted by atomic mass is 10.1. The Kier molecular flexibility index (Phi) is 3.78. The van der Waals surface area contributed by atoms with Crippen molar-refractivity contribution in [3.8, 4) is 0 Å². The second kappa shape index (κ2) is 5.19. The van der Waals surface area contributed by atoms with E-state index >= 15 is 0 Å². The first-order chi connectivity index (χ1) is 8.91. The zero-order chi connectivity index (χ0) is 14.2. The summed E-state index contributed by atoms with van der Waals surface area (Å²) in [5, 5.41) is 19.0. The highest BCUT2D eigenvalue weighted by molar-refractivity contribution is 5.61. The highest BCUT2D eigenvalue weighted by Gasteiger charge is 2.32. The maximum absolute atomic E-state index is 11.3. The van der Waals surface area contributed by atoms with Gasteiger partial charge in [0.25, 0.3) is 0 Å². The van der Waals surface area contributed by atoms with Crippen molar-refractivity contribution in [1.82, 2.24) is 9.78 Å². The van der Waals surface area contributed by atoms with E-state index in [4.69, 9.17) is 0 Å². The van der Waals surface area contributed by atoms with E-state index in [1.54, 1.807) is 11.7 Å². The summed E-state index contributed by atoms with van der Waals surface area (Å²) in [5.74, 6) is 1.15. The Labute approximate surface area is 113 Å². The summed E-state index contributed by atoms with van der Waals surface area (Å²) in [6.07, 6.45) is 3.43. The van der Waals surface area contributed by atoms with Crippen LogP contribution in [-0.2, 0) is 7.05 Å². The van der Waals surface area contributed by atoms with Gasteiger partial charge in [0.05, 0.1) is 4.92 Å². The van der Waals surface area contributed by atoms with Crippen LogP contribution in [0.1, 0.15) is 51.6 Å². The van der Waals surface area contributed by atoms with E-state index in [0.29, 0.717) is 23.5 Å². The third kappa shape index (κ3) is 2.57. The van der Waals surface area contributed by atoms with E-state index in [2.05, 4.69) is 17.3 Å². The molecule has 1 heterocycles. The van der Waals surface area contributed by atoms with Gasteiger partial charge in [-0.1, -0.05) is 27.2 Å². The summed E-state index contributed by atoms with van der Waals surface area (Å²) in [4.78, 5) is 11.0. The summed E-state index contributed by atoms with van der Waals surface area (Å²) in [6, 6.07) is 0.314. The van der Waals surface area contributed by atoms with Crippen molar-refractivity contribution in [1.29, 1.82) is 0 Å². The fourth-order valence-corrected chi connectivity index (χ4v) is 2.80. The molecule has 2 unspecified atom stereocenters. The lowest BCUT2D eigenvalue weighted by Gasteiger charge is -2.17. The van der Waals surface area contributed by atoms with Crippen LogP contribution in [0.5, 0.6) is 0 Å². The molecule has 0 bridgehead atoms. The predicted octanol–water partition coefficient (Wildman–Crippen LogP) is 3.05. The smallest absolute Gasteiger partial charge is 0.334 e.